The summed E-state index contributed by atoms with van der Waals surface area (Å²) < 4.78 is 17.1. The van der Waals surface area contributed by atoms with Crippen LogP contribution >= 0.6 is 0 Å². The van der Waals surface area contributed by atoms with Crippen LogP contribution in [0.5, 0.6) is 0 Å². The van der Waals surface area contributed by atoms with Gasteiger partial charge in [-0.15, -0.1) is 0 Å². The molecule has 4 heteroatoms. The molecule has 0 aromatic heterocycles. The Bertz CT molecular complexity index is 656. The smallest absolute Gasteiger partial charge is 0.165 e. The van der Waals surface area contributed by atoms with Crippen molar-refractivity contribution in [3.63, 3.8) is 0 Å². The van der Waals surface area contributed by atoms with Crippen LogP contribution in [0.4, 0.5) is 0 Å². The van der Waals surface area contributed by atoms with Gasteiger partial charge in [-0.3, -0.25) is 4.79 Å². The third-order valence-corrected chi connectivity index (χ3v) is 4.46. The Hall–Kier alpha value is -2.01. The van der Waals surface area contributed by atoms with Crippen LogP contribution in [0.3, 0.4) is 0 Å². The van der Waals surface area contributed by atoms with E-state index in [1.807, 2.05) is 48.5 Å². The summed E-state index contributed by atoms with van der Waals surface area (Å²) in [7, 11) is 1.62. The molecule has 0 saturated carbocycles. The van der Waals surface area contributed by atoms with Gasteiger partial charge >= 0.3 is 0 Å². The highest BCUT2D eigenvalue weighted by atomic mass is 16.7. The molecule has 0 spiro atoms. The Morgan fingerprint density at radius 2 is 1.72 bits per heavy atom. The molecule has 25 heavy (non-hydrogen) atoms. The van der Waals surface area contributed by atoms with Crippen LogP contribution in [0.25, 0.3) is 0 Å². The summed E-state index contributed by atoms with van der Waals surface area (Å²) in [5.74, 6) is 0.102. The van der Waals surface area contributed by atoms with Crippen molar-refractivity contribution in [1.82, 2.24) is 0 Å². The lowest BCUT2D eigenvalue weighted by atomic mass is 9.93. The summed E-state index contributed by atoms with van der Waals surface area (Å²) in [6.07, 6.45) is 1.63. The van der Waals surface area contributed by atoms with Crippen molar-refractivity contribution < 1.29 is 19.0 Å². The van der Waals surface area contributed by atoms with E-state index in [0.717, 1.165) is 17.5 Å². The second kappa shape index (κ2) is 8.90. The van der Waals surface area contributed by atoms with E-state index in [-0.39, 0.29) is 30.9 Å². The van der Waals surface area contributed by atoms with Gasteiger partial charge in [0.2, 0.25) is 0 Å². The number of hydrogen-bond acceptors (Lipinski definition) is 4. The third-order valence-electron chi connectivity index (χ3n) is 4.46. The first kappa shape index (κ1) is 17.8. The lowest BCUT2D eigenvalue weighted by Gasteiger charge is -2.35. The predicted molar refractivity (Wildman–Crippen MR) is 95.4 cm³/mol. The number of methoxy groups -OCH3 is 1. The number of carbonyl (C=O) groups excluding carboxylic acids is 1. The van der Waals surface area contributed by atoms with Crippen LogP contribution in [0, 0.1) is 0 Å². The SMILES string of the molecule is COCO[C@H]1C[C@@H](CC(=O)c2ccccc2)O[C@H](c2ccccc2)C1. The minimum Gasteiger partial charge on any atom is -0.370 e. The van der Waals surface area contributed by atoms with Crippen molar-refractivity contribution in [3.8, 4) is 0 Å². The number of hydrogen-bond donors (Lipinski definition) is 0. The summed E-state index contributed by atoms with van der Waals surface area (Å²) in [5, 5.41) is 0. The first-order chi connectivity index (χ1) is 12.3. The molecule has 1 saturated heterocycles. The van der Waals surface area contributed by atoms with Gasteiger partial charge in [-0.2, -0.15) is 0 Å². The average molecular weight is 340 g/mol. The van der Waals surface area contributed by atoms with Gasteiger partial charge in [-0.1, -0.05) is 60.7 Å². The molecule has 0 radical (unpaired) electrons. The zero-order valence-electron chi connectivity index (χ0n) is 14.5. The second-order valence-electron chi connectivity index (χ2n) is 6.32. The van der Waals surface area contributed by atoms with Crippen LogP contribution in [0.1, 0.15) is 41.3 Å². The molecule has 3 atom stereocenters. The minimum absolute atomic E-state index is 0.0208. The van der Waals surface area contributed by atoms with E-state index in [2.05, 4.69) is 12.1 Å². The van der Waals surface area contributed by atoms with E-state index >= 15 is 0 Å². The molecule has 3 rings (SSSR count). The fourth-order valence-corrected chi connectivity index (χ4v) is 3.23. The van der Waals surface area contributed by atoms with Gasteiger partial charge < -0.3 is 14.2 Å². The van der Waals surface area contributed by atoms with E-state index in [9.17, 15) is 4.79 Å². The van der Waals surface area contributed by atoms with E-state index < -0.39 is 0 Å². The molecule has 2 aromatic rings. The van der Waals surface area contributed by atoms with Crippen molar-refractivity contribution in [2.75, 3.05) is 13.9 Å². The molecular formula is C21H24O4. The zero-order valence-corrected chi connectivity index (χ0v) is 14.5. The van der Waals surface area contributed by atoms with Crippen LogP contribution < -0.4 is 0 Å². The fourth-order valence-electron chi connectivity index (χ4n) is 3.23. The Kier molecular flexibility index (Phi) is 6.34. The van der Waals surface area contributed by atoms with E-state index in [1.54, 1.807) is 7.11 Å². The molecule has 132 valence electrons. The molecule has 0 amide bonds. The highest BCUT2D eigenvalue weighted by Crippen LogP contribution is 2.34. The van der Waals surface area contributed by atoms with Gasteiger partial charge in [-0.25, -0.2) is 0 Å². The van der Waals surface area contributed by atoms with Gasteiger partial charge in [0.05, 0.1) is 18.3 Å². The second-order valence-corrected chi connectivity index (χ2v) is 6.32. The Labute approximate surface area is 148 Å². The molecule has 0 aliphatic carbocycles. The van der Waals surface area contributed by atoms with E-state index in [1.165, 1.54) is 0 Å². The standard InChI is InChI=1S/C21H24O4/c1-23-15-24-18-12-19(13-20(22)16-8-4-2-5-9-16)25-21(14-18)17-10-6-3-7-11-17/h2-11,18-19,21H,12-15H2,1H3/t18-,19-,21-/m0/s1. The highest BCUT2D eigenvalue weighted by Gasteiger charge is 2.32. The largest absolute Gasteiger partial charge is 0.370 e. The van der Waals surface area contributed by atoms with Gasteiger partial charge in [-0.05, 0) is 5.56 Å². The summed E-state index contributed by atoms with van der Waals surface area (Å²) in [5.41, 5.74) is 1.84. The molecule has 0 unspecified atom stereocenters. The minimum atomic E-state index is -0.159. The van der Waals surface area contributed by atoms with Crippen molar-refractivity contribution >= 4 is 5.78 Å². The lowest BCUT2D eigenvalue weighted by Crippen LogP contribution is -2.34. The maximum atomic E-state index is 12.5. The highest BCUT2D eigenvalue weighted by molar-refractivity contribution is 5.96. The van der Waals surface area contributed by atoms with Gasteiger partial charge in [0.15, 0.2) is 5.78 Å². The van der Waals surface area contributed by atoms with Crippen molar-refractivity contribution in [1.29, 1.82) is 0 Å². The predicted octanol–water partition coefficient (Wildman–Crippen LogP) is 4.17. The van der Waals surface area contributed by atoms with Gasteiger partial charge in [0.25, 0.3) is 0 Å². The third kappa shape index (κ3) is 4.98. The number of Topliss-reactive ketones (excluding diaryl/α,β-unsaturated/α-hetero) is 1. The quantitative estimate of drug-likeness (QED) is 0.560. The van der Waals surface area contributed by atoms with Crippen molar-refractivity contribution in [2.24, 2.45) is 0 Å². The molecular weight excluding hydrogens is 316 g/mol. The maximum absolute atomic E-state index is 12.5. The summed E-state index contributed by atoms with van der Waals surface area (Å²) in [4.78, 5) is 12.5. The summed E-state index contributed by atoms with van der Waals surface area (Å²) in [6, 6.07) is 19.5. The molecule has 1 aliphatic heterocycles. The average Bonchev–Trinajstić information content (AvgIpc) is 2.67. The van der Waals surface area contributed by atoms with Crippen LogP contribution in [-0.2, 0) is 14.2 Å². The van der Waals surface area contributed by atoms with Crippen molar-refractivity contribution in [3.05, 3.63) is 71.8 Å². The Morgan fingerprint density at radius 3 is 2.40 bits per heavy atom. The number of carbonyl (C=O) groups is 1. The maximum Gasteiger partial charge on any atom is 0.165 e. The molecule has 1 heterocycles. The first-order valence-corrected chi connectivity index (χ1v) is 8.65. The van der Waals surface area contributed by atoms with Crippen LogP contribution in [0.2, 0.25) is 0 Å². The van der Waals surface area contributed by atoms with E-state index in [4.69, 9.17) is 14.2 Å². The lowest BCUT2D eigenvalue weighted by molar-refractivity contribution is -0.148. The summed E-state index contributed by atoms with van der Waals surface area (Å²) in [6.45, 7) is 0.255. The monoisotopic (exact) mass is 340 g/mol. The van der Waals surface area contributed by atoms with Crippen LogP contribution in [-0.4, -0.2) is 31.9 Å². The number of benzene rings is 2. The molecule has 1 fully saturated rings. The normalized spacial score (nSPS) is 23.3. The Balaban J connectivity index is 1.70. The van der Waals surface area contributed by atoms with Crippen LogP contribution in [0.15, 0.2) is 60.7 Å². The van der Waals surface area contributed by atoms with Gasteiger partial charge in [0.1, 0.15) is 6.79 Å². The topological polar surface area (TPSA) is 44.8 Å². The number of ether oxygens (including phenoxy) is 3. The Morgan fingerprint density at radius 1 is 1.04 bits per heavy atom. The first-order valence-electron chi connectivity index (χ1n) is 8.65. The van der Waals surface area contributed by atoms with Crippen molar-refractivity contribution in [2.45, 2.75) is 37.6 Å². The number of ketones is 1. The zero-order chi connectivity index (χ0) is 17.5. The fraction of sp³-hybridized carbons (Fsp3) is 0.381. The molecule has 4 nitrogen and oxygen atoms in total. The summed E-state index contributed by atoms with van der Waals surface area (Å²) >= 11 is 0. The molecule has 2 aromatic carbocycles. The molecule has 0 bridgehead atoms. The number of rotatable bonds is 7. The molecule has 1 aliphatic rings. The van der Waals surface area contributed by atoms with E-state index in [0.29, 0.717) is 12.8 Å². The van der Waals surface area contributed by atoms with Gasteiger partial charge in [0, 0.05) is 31.9 Å². The molecule has 0 N–H and O–H groups in total.